The van der Waals surface area contributed by atoms with Crippen molar-refractivity contribution in [2.24, 2.45) is 4.99 Å². The molecule has 1 N–H and O–H groups in total. The summed E-state index contributed by atoms with van der Waals surface area (Å²) in [6.45, 7) is 1.14. The van der Waals surface area contributed by atoms with Crippen LogP contribution in [0.4, 0.5) is 0 Å². The van der Waals surface area contributed by atoms with Crippen molar-refractivity contribution >= 4 is 5.84 Å². The van der Waals surface area contributed by atoms with Crippen molar-refractivity contribution in [3.63, 3.8) is 0 Å². The Morgan fingerprint density at radius 3 is 2.54 bits per heavy atom. The number of nitrogens with one attached hydrogen (secondary N) is 1. The van der Waals surface area contributed by atoms with Crippen LogP contribution in [0.1, 0.15) is 51.4 Å². The van der Waals surface area contributed by atoms with Crippen LogP contribution >= 0.6 is 0 Å². The Labute approximate surface area is 80.8 Å². The van der Waals surface area contributed by atoms with Gasteiger partial charge < -0.3 is 5.32 Å². The molecule has 1 aliphatic heterocycles. The third kappa shape index (κ3) is 2.71. The highest BCUT2D eigenvalue weighted by Gasteiger charge is 2.13. The minimum atomic E-state index is 0.648. The quantitative estimate of drug-likeness (QED) is 0.658. The number of amidine groups is 1. The van der Waals surface area contributed by atoms with E-state index in [0.29, 0.717) is 6.04 Å². The van der Waals surface area contributed by atoms with E-state index in [9.17, 15) is 0 Å². The number of rotatable bonds is 1. The van der Waals surface area contributed by atoms with Gasteiger partial charge in [0.2, 0.25) is 0 Å². The van der Waals surface area contributed by atoms with Crippen LogP contribution in [-0.2, 0) is 0 Å². The second-order valence-electron chi connectivity index (χ2n) is 4.25. The van der Waals surface area contributed by atoms with Crippen molar-refractivity contribution in [3.05, 3.63) is 0 Å². The molecule has 0 bridgehead atoms. The Hall–Kier alpha value is -0.530. The molecule has 2 aliphatic rings. The summed E-state index contributed by atoms with van der Waals surface area (Å²) in [6, 6.07) is 0.648. The van der Waals surface area contributed by atoms with Gasteiger partial charge in [-0.2, -0.15) is 0 Å². The van der Waals surface area contributed by atoms with Crippen molar-refractivity contribution in [1.82, 2.24) is 5.32 Å². The van der Waals surface area contributed by atoms with Gasteiger partial charge in [-0.05, 0) is 25.7 Å². The molecule has 0 aromatic rings. The number of piperidine rings is 1. The SMILES string of the molecule is C1CCC(N=C2CCCCN2)CC1. The minimum absolute atomic E-state index is 0.648. The van der Waals surface area contributed by atoms with E-state index < -0.39 is 0 Å². The standard InChI is InChI=1S/C11H20N2/c1-2-6-10(7-3-1)13-11-8-4-5-9-12-11/h10H,1-9H2,(H,12,13). The summed E-state index contributed by atoms with van der Waals surface area (Å²) < 4.78 is 0. The van der Waals surface area contributed by atoms with Crippen LogP contribution in [0.2, 0.25) is 0 Å². The fourth-order valence-electron chi connectivity index (χ4n) is 2.28. The van der Waals surface area contributed by atoms with Crippen molar-refractivity contribution in [3.8, 4) is 0 Å². The van der Waals surface area contributed by atoms with Crippen LogP contribution in [0.15, 0.2) is 4.99 Å². The molecular formula is C11H20N2. The first kappa shape index (κ1) is 9.04. The van der Waals surface area contributed by atoms with Gasteiger partial charge in [0.1, 0.15) is 0 Å². The molecule has 74 valence electrons. The first-order chi connectivity index (χ1) is 6.45. The molecule has 0 amide bonds. The normalized spacial score (nSPS) is 28.8. The van der Waals surface area contributed by atoms with Gasteiger partial charge in [0, 0.05) is 13.0 Å². The summed E-state index contributed by atoms with van der Waals surface area (Å²) >= 11 is 0. The molecule has 13 heavy (non-hydrogen) atoms. The molecule has 1 saturated carbocycles. The van der Waals surface area contributed by atoms with Crippen LogP contribution < -0.4 is 5.32 Å². The van der Waals surface area contributed by atoms with Crippen molar-refractivity contribution in [2.45, 2.75) is 57.4 Å². The van der Waals surface area contributed by atoms with Gasteiger partial charge in [0.05, 0.1) is 11.9 Å². The minimum Gasteiger partial charge on any atom is -0.374 e. The largest absolute Gasteiger partial charge is 0.374 e. The molecule has 0 unspecified atom stereocenters. The maximum absolute atomic E-state index is 4.80. The maximum Gasteiger partial charge on any atom is 0.0966 e. The lowest BCUT2D eigenvalue weighted by atomic mass is 9.96. The van der Waals surface area contributed by atoms with E-state index in [1.165, 1.54) is 57.2 Å². The van der Waals surface area contributed by atoms with Gasteiger partial charge in [-0.25, -0.2) is 0 Å². The van der Waals surface area contributed by atoms with E-state index in [-0.39, 0.29) is 0 Å². The first-order valence-electron chi connectivity index (χ1n) is 5.76. The Balaban J connectivity index is 1.85. The average Bonchev–Trinajstić information content (AvgIpc) is 2.21. The van der Waals surface area contributed by atoms with Crippen LogP contribution in [0.3, 0.4) is 0 Å². The number of aliphatic imine (C=N–C) groups is 1. The number of hydrogen-bond donors (Lipinski definition) is 1. The second kappa shape index (κ2) is 4.64. The molecule has 0 spiro atoms. The Kier molecular flexibility index (Phi) is 3.22. The summed E-state index contributed by atoms with van der Waals surface area (Å²) in [7, 11) is 0. The highest BCUT2D eigenvalue weighted by atomic mass is 15.0. The number of hydrogen-bond acceptors (Lipinski definition) is 1. The summed E-state index contributed by atoms with van der Waals surface area (Å²) in [5.41, 5.74) is 0. The van der Waals surface area contributed by atoms with E-state index in [1.807, 2.05) is 0 Å². The summed E-state index contributed by atoms with van der Waals surface area (Å²) in [5.74, 6) is 1.29. The van der Waals surface area contributed by atoms with Gasteiger partial charge >= 0.3 is 0 Å². The third-order valence-electron chi connectivity index (χ3n) is 3.08. The lowest BCUT2D eigenvalue weighted by molar-refractivity contribution is 0.440. The molecule has 2 heteroatoms. The summed E-state index contributed by atoms with van der Waals surface area (Å²) in [4.78, 5) is 4.80. The summed E-state index contributed by atoms with van der Waals surface area (Å²) in [5, 5.41) is 3.42. The van der Waals surface area contributed by atoms with Crippen molar-refractivity contribution in [2.75, 3.05) is 6.54 Å². The molecule has 2 fully saturated rings. The topological polar surface area (TPSA) is 24.4 Å². The van der Waals surface area contributed by atoms with Gasteiger partial charge in [-0.1, -0.05) is 19.3 Å². The fourth-order valence-corrected chi connectivity index (χ4v) is 2.28. The molecule has 2 nitrogen and oxygen atoms in total. The maximum atomic E-state index is 4.80. The molecule has 0 aromatic carbocycles. The van der Waals surface area contributed by atoms with E-state index in [0.717, 1.165) is 6.54 Å². The Morgan fingerprint density at radius 1 is 1.00 bits per heavy atom. The van der Waals surface area contributed by atoms with Gasteiger partial charge in [-0.15, -0.1) is 0 Å². The van der Waals surface area contributed by atoms with E-state index >= 15 is 0 Å². The van der Waals surface area contributed by atoms with Gasteiger partial charge in [0.25, 0.3) is 0 Å². The molecule has 0 atom stereocenters. The molecule has 0 radical (unpaired) electrons. The molecular weight excluding hydrogens is 160 g/mol. The summed E-state index contributed by atoms with van der Waals surface area (Å²) in [6.07, 6.45) is 10.7. The average molecular weight is 180 g/mol. The highest BCUT2D eigenvalue weighted by Crippen LogP contribution is 2.20. The lowest BCUT2D eigenvalue weighted by Crippen LogP contribution is -2.30. The van der Waals surface area contributed by atoms with Crippen LogP contribution in [0.5, 0.6) is 0 Å². The molecule has 0 aromatic heterocycles. The predicted octanol–water partition coefficient (Wildman–Crippen LogP) is 2.49. The van der Waals surface area contributed by atoms with Crippen LogP contribution in [-0.4, -0.2) is 18.4 Å². The smallest absolute Gasteiger partial charge is 0.0966 e. The Morgan fingerprint density at radius 2 is 1.85 bits per heavy atom. The highest BCUT2D eigenvalue weighted by molar-refractivity contribution is 5.82. The van der Waals surface area contributed by atoms with E-state index in [2.05, 4.69) is 5.32 Å². The molecule has 2 rings (SSSR count). The zero-order valence-electron chi connectivity index (χ0n) is 8.39. The second-order valence-corrected chi connectivity index (χ2v) is 4.25. The lowest BCUT2D eigenvalue weighted by Gasteiger charge is -2.21. The van der Waals surface area contributed by atoms with Gasteiger partial charge in [-0.3, -0.25) is 4.99 Å². The number of nitrogens with zero attached hydrogens (tertiary/aromatic N) is 1. The fraction of sp³-hybridized carbons (Fsp3) is 0.909. The predicted molar refractivity (Wildman–Crippen MR) is 56.2 cm³/mol. The van der Waals surface area contributed by atoms with E-state index in [1.54, 1.807) is 0 Å². The van der Waals surface area contributed by atoms with Crippen LogP contribution in [0, 0.1) is 0 Å². The molecule has 1 heterocycles. The molecule has 1 aliphatic carbocycles. The van der Waals surface area contributed by atoms with Gasteiger partial charge in [0.15, 0.2) is 0 Å². The monoisotopic (exact) mass is 180 g/mol. The van der Waals surface area contributed by atoms with Crippen molar-refractivity contribution in [1.29, 1.82) is 0 Å². The third-order valence-corrected chi connectivity index (χ3v) is 3.08. The van der Waals surface area contributed by atoms with E-state index in [4.69, 9.17) is 4.99 Å². The zero-order valence-corrected chi connectivity index (χ0v) is 8.39. The van der Waals surface area contributed by atoms with Crippen LogP contribution in [0.25, 0.3) is 0 Å². The molecule has 1 saturated heterocycles. The zero-order chi connectivity index (χ0) is 8.93. The first-order valence-corrected chi connectivity index (χ1v) is 5.76. The van der Waals surface area contributed by atoms with Crippen molar-refractivity contribution < 1.29 is 0 Å². The Bertz CT molecular complexity index is 173.